The molecule has 0 fully saturated rings. The van der Waals surface area contributed by atoms with Crippen LogP contribution in [-0.4, -0.2) is 31.7 Å². The third-order valence-electron chi connectivity index (χ3n) is 4.10. The Balaban J connectivity index is 0.00000420. The molecule has 0 atom stereocenters. The summed E-state index contributed by atoms with van der Waals surface area (Å²) in [5.74, 6) is 0.453. The number of amides is 2. The molecular weight excluding hydrogens is 388 g/mol. The van der Waals surface area contributed by atoms with Gasteiger partial charge in [0.15, 0.2) is 5.96 Å². The number of guanidine groups is 1. The fourth-order valence-electron chi connectivity index (χ4n) is 2.63. The highest BCUT2D eigenvalue weighted by molar-refractivity contribution is 6.03. The minimum atomic E-state index is -0.315. The Labute approximate surface area is 179 Å². The molecule has 0 aliphatic heterocycles. The van der Waals surface area contributed by atoms with Crippen LogP contribution in [0.25, 0.3) is 0 Å². The Kier molecular flexibility index (Phi) is 11.5. The number of halogens is 1. The topological polar surface area (TPSA) is 74.8 Å². The lowest BCUT2D eigenvalue weighted by molar-refractivity contribution is 0.125. The van der Waals surface area contributed by atoms with Crippen molar-refractivity contribution in [3.63, 3.8) is 0 Å². The van der Waals surface area contributed by atoms with Gasteiger partial charge in [-0.25, -0.2) is 4.79 Å². The zero-order chi connectivity index (χ0) is 20.2. The predicted molar refractivity (Wildman–Crippen MR) is 122 cm³/mol. The minimum Gasteiger partial charge on any atom is -0.375 e. The lowest BCUT2D eigenvalue weighted by Crippen LogP contribution is -2.44. The summed E-state index contributed by atoms with van der Waals surface area (Å²) in [6.45, 7) is 8.25. The normalized spacial score (nSPS) is 10.8. The number of urea groups is 1. The van der Waals surface area contributed by atoms with Crippen LogP contribution < -0.4 is 16.0 Å². The van der Waals surface area contributed by atoms with Crippen LogP contribution in [0.1, 0.15) is 30.0 Å². The maximum absolute atomic E-state index is 12.4. The molecule has 0 unspecified atom stereocenters. The summed E-state index contributed by atoms with van der Waals surface area (Å²) in [5.41, 5.74) is 3.99. The average Bonchev–Trinajstić information content (AvgIpc) is 2.69. The van der Waals surface area contributed by atoms with Crippen molar-refractivity contribution in [1.29, 1.82) is 0 Å². The fourth-order valence-corrected chi connectivity index (χ4v) is 2.63. The number of nitrogens with one attached hydrogen (secondary N) is 3. The zero-order valence-electron chi connectivity index (χ0n) is 17.3. The summed E-state index contributed by atoms with van der Waals surface area (Å²) in [5, 5.41) is 8.84. The molecule has 2 aromatic rings. The summed E-state index contributed by atoms with van der Waals surface area (Å²) in [4.78, 5) is 16.8. The summed E-state index contributed by atoms with van der Waals surface area (Å²) in [7, 11) is 0. The second kappa shape index (κ2) is 13.6. The van der Waals surface area contributed by atoms with Gasteiger partial charge in [-0.2, -0.15) is 0 Å². The first-order chi connectivity index (χ1) is 13.6. The summed E-state index contributed by atoms with van der Waals surface area (Å²) >= 11 is 0. The van der Waals surface area contributed by atoms with Crippen LogP contribution in [-0.2, 0) is 11.3 Å². The number of anilines is 1. The SMILES string of the molecule is CCCN=C(NCCOCc1ccccc1)NC(=O)Nc1c(C)cccc1C.Cl. The molecule has 0 heterocycles. The molecule has 2 rings (SSSR count). The third-order valence-corrected chi connectivity index (χ3v) is 4.10. The van der Waals surface area contributed by atoms with Crippen LogP contribution in [0.3, 0.4) is 0 Å². The summed E-state index contributed by atoms with van der Waals surface area (Å²) < 4.78 is 5.66. The lowest BCUT2D eigenvalue weighted by atomic mass is 10.1. The highest BCUT2D eigenvalue weighted by Crippen LogP contribution is 2.18. The Hall–Kier alpha value is -2.57. The first-order valence-corrected chi connectivity index (χ1v) is 9.64. The Bertz CT molecular complexity index is 761. The number of rotatable bonds is 8. The Morgan fingerprint density at radius 2 is 1.72 bits per heavy atom. The van der Waals surface area contributed by atoms with E-state index >= 15 is 0 Å². The van der Waals surface area contributed by atoms with Gasteiger partial charge in [0.05, 0.1) is 13.2 Å². The van der Waals surface area contributed by atoms with Crippen molar-refractivity contribution in [2.75, 3.05) is 25.0 Å². The Morgan fingerprint density at radius 3 is 2.38 bits per heavy atom. The fraction of sp³-hybridized carbons (Fsp3) is 0.364. The largest absolute Gasteiger partial charge is 0.375 e. The molecule has 0 aliphatic carbocycles. The maximum atomic E-state index is 12.4. The van der Waals surface area contributed by atoms with Crippen LogP contribution >= 0.6 is 12.4 Å². The quantitative estimate of drug-likeness (QED) is 0.337. The Morgan fingerprint density at radius 1 is 1.03 bits per heavy atom. The maximum Gasteiger partial charge on any atom is 0.326 e. The van der Waals surface area contributed by atoms with Gasteiger partial charge < -0.3 is 15.4 Å². The van der Waals surface area contributed by atoms with Gasteiger partial charge in [-0.1, -0.05) is 55.5 Å². The first kappa shape index (κ1) is 24.5. The second-order valence-corrected chi connectivity index (χ2v) is 6.54. The molecular formula is C22H31ClN4O2. The van der Waals surface area contributed by atoms with Crippen molar-refractivity contribution in [2.24, 2.45) is 4.99 Å². The number of carbonyl (C=O) groups is 1. The van der Waals surface area contributed by atoms with E-state index in [0.29, 0.717) is 32.3 Å². The van der Waals surface area contributed by atoms with Crippen molar-refractivity contribution in [3.05, 3.63) is 65.2 Å². The van der Waals surface area contributed by atoms with E-state index in [2.05, 4.69) is 20.9 Å². The van der Waals surface area contributed by atoms with Crippen LogP contribution in [0.5, 0.6) is 0 Å². The van der Waals surface area contributed by atoms with E-state index in [4.69, 9.17) is 4.74 Å². The number of benzene rings is 2. The van der Waals surface area contributed by atoms with E-state index in [1.807, 2.05) is 69.3 Å². The number of aliphatic imine (C=N–C) groups is 1. The number of hydrogen-bond donors (Lipinski definition) is 3. The molecule has 158 valence electrons. The first-order valence-electron chi connectivity index (χ1n) is 9.64. The van der Waals surface area contributed by atoms with Gasteiger partial charge in [-0.05, 0) is 37.0 Å². The van der Waals surface area contributed by atoms with Gasteiger partial charge >= 0.3 is 6.03 Å². The van der Waals surface area contributed by atoms with Gasteiger partial charge in [0, 0.05) is 18.8 Å². The molecule has 0 saturated carbocycles. The molecule has 0 spiro atoms. The van der Waals surface area contributed by atoms with E-state index in [0.717, 1.165) is 28.8 Å². The number of ether oxygens (including phenoxy) is 1. The number of hydrogen-bond acceptors (Lipinski definition) is 3. The molecule has 0 aromatic heterocycles. The van der Waals surface area contributed by atoms with Crippen molar-refractivity contribution in [2.45, 2.75) is 33.8 Å². The molecule has 29 heavy (non-hydrogen) atoms. The number of carbonyl (C=O) groups excluding carboxylic acids is 1. The highest BCUT2D eigenvalue weighted by atomic mass is 35.5. The van der Waals surface area contributed by atoms with E-state index < -0.39 is 0 Å². The molecule has 3 N–H and O–H groups in total. The molecule has 2 amide bonds. The molecule has 2 aromatic carbocycles. The zero-order valence-corrected chi connectivity index (χ0v) is 18.1. The monoisotopic (exact) mass is 418 g/mol. The van der Waals surface area contributed by atoms with E-state index in [1.165, 1.54) is 0 Å². The van der Waals surface area contributed by atoms with Crippen molar-refractivity contribution >= 4 is 30.1 Å². The second-order valence-electron chi connectivity index (χ2n) is 6.54. The van der Waals surface area contributed by atoms with Crippen LogP contribution in [0.4, 0.5) is 10.5 Å². The summed E-state index contributed by atoms with van der Waals surface area (Å²) in [6, 6.07) is 15.6. The average molecular weight is 419 g/mol. The molecule has 0 bridgehead atoms. The molecule has 6 nitrogen and oxygen atoms in total. The van der Waals surface area contributed by atoms with Gasteiger partial charge in [0.2, 0.25) is 0 Å². The van der Waals surface area contributed by atoms with Gasteiger partial charge in [0.25, 0.3) is 0 Å². The predicted octanol–water partition coefficient (Wildman–Crippen LogP) is 4.42. The van der Waals surface area contributed by atoms with Crippen LogP contribution in [0, 0.1) is 13.8 Å². The van der Waals surface area contributed by atoms with Crippen LogP contribution in [0.2, 0.25) is 0 Å². The lowest BCUT2D eigenvalue weighted by Gasteiger charge is -2.15. The van der Waals surface area contributed by atoms with E-state index in [9.17, 15) is 4.79 Å². The highest BCUT2D eigenvalue weighted by Gasteiger charge is 2.09. The van der Waals surface area contributed by atoms with Gasteiger partial charge in [-0.3, -0.25) is 10.3 Å². The molecule has 7 heteroatoms. The van der Waals surface area contributed by atoms with Crippen LogP contribution in [0.15, 0.2) is 53.5 Å². The van der Waals surface area contributed by atoms with Crippen molar-refractivity contribution < 1.29 is 9.53 Å². The molecule has 0 saturated heterocycles. The minimum absolute atomic E-state index is 0. The van der Waals surface area contributed by atoms with E-state index in [1.54, 1.807) is 0 Å². The van der Waals surface area contributed by atoms with Gasteiger partial charge in [-0.15, -0.1) is 12.4 Å². The summed E-state index contributed by atoms with van der Waals surface area (Å²) in [6.07, 6.45) is 0.899. The number of aryl methyl sites for hydroxylation is 2. The standard InChI is InChI=1S/C22H30N4O2.ClH/c1-4-13-23-21(24-14-15-28-16-19-11-6-5-7-12-19)26-22(27)25-20-17(2)9-8-10-18(20)3;/h5-12H,4,13-16H2,1-3H3,(H3,23,24,25,26,27);1H. The van der Waals surface area contributed by atoms with Gasteiger partial charge in [0.1, 0.15) is 0 Å². The van der Waals surface area contributed by atoms with Crippen molar-refractivity contribution in [1.82, 2.24) is 10.6 Å². The van der Waals surface area contributed by atoms with Crippen molar-refractivity contribution in [3.8, 4) is 0 Å². The number of para-hydroxylation sites is 1. The molecule has 0 radical (unpaired) electrons. The third kappa shape index (κ3) is 8.98. The molecule has 0 aliphatic rings. The van der Waals surface area contributed by atoms with E-state index in [-0.39, 0.29) is 18.4 Å². The smallest absolute Gasteiger partial charge is 0.326 e. The number of nitrogens with zero attached hydrogens (tertiary/aromatic N) is 1.